The van der Waals surface area contributed by atoms with Crippen molar-refractivity contribution in [3.05, 3.63) is 40.8 Å². The van der Waals surface area contributed by atoms with Crippen LogP contribution >= 0.6 is 0 Å². The normalized spacial score (nSPS) is 15.4. The highest BCUT2D eigenvalue weighted by Gasteiger charge is 2.21. The summed E-state index contributed by atoms with van der Waals surface area (Å²) in [4.78, 5) is 17.2. The minimum absolute atomic E-state index is 0.145. The van der Waals surface area contributed by atoms with Crippen molar-refractivity contribution in [1.82, 2.24) is 15.0 Å². The monoisotopic (exact) mass is 387 g/mol. The van der Waals surface area contributed by atoms with Crippen LogP contribution in [0.15, 0.2) is 22.7 Å². The zero-order valence-electron chi connectivity index (χ0n) is 17.2. The molecular formula is C21H29N3O4. The molecule has 1 fully saturated rings. The second-order valence-corrected chi connectivity index (χ2v) is 7.18. The Morgan fingerprint density at radius 3 is 2.57 bits per heavy atom. The number of benzene rings is 1. The first kappa shape index (κ1) is 20.2. The van der Waals surface area contributed by atoms with E-state index in [1.54, 1.807) is 14.2 Å². The quantitative estimate of drug-likeness (QED) is 0.759. The third kappa shape index (κ3) is 4.65. The molecule has 0 radical (unpaired) electrons. The Hall–Kier alpha value is -2.54. The Morgan fingerprint density at radius 2 is 1.89 bits per heavy atom. The predicted octanol–water partition coefficient (Wildman–Crippen LogP) is 2.59. The van der Waals surface area contributed by atoms with Crippen molar-refractivity contribution in [2.24, 2.45) is 0 Å². The number of amides is 1. The van der Waals surface area contributed by atoms with Crippen LogP contribution in [0.2, 0.25) is 0 Å². The highest BCUT2D eigenvalue weighted by molar-refractivity contribution is 5.79. The van der Waals surface area contributed by atoms with E-state index in [-0.39, 0.29) is 5.91 Å². The van der Waals surface area contributed by atoms with Gasteiger partial charge in [-0.15, -0.1) is 0 Å². The van der Waals surface area contributed by atoms with Crippen molar-refractivity contribution < 1.29 is 18.8 Å². The molecule has 0 unspecified atom stereocenters. The SMILES string of the molecule is COc1ccc(CC(=O)N2CCCN(Cc3c(C)noc3C)CC2)cc1OC. The van der Waals surface area contributed by atoms with Crippen molar-refractivity contribution in [3.63, 3.8) is 0 Å². The first-order valence-electron chi connectivity index (χ1n) is 9.64. The van der Waals surface area contributed by atoms with Crippen molar-refractivity contribution in [1.29, 1.82) is 0 Å². The van der Waals surface area contributed by atoms with Gasteiger partial charge >= 0.3 is 0 Å². The first-order valence-corrected chi connectivity index (χ1v) is 9.64. The number of rotatable bonds is 6. The van der Waals surface area contributed by atoms with E-state index in [9.17, 15) is 4.79 Å². The van der Waals surface area contributed by atoms with Crippen LogP contribution in [-0.2, 0) is 17.8 Å². The second kappa shape index (κ2) is 9.10. The molecule has 0 aliphatic carbocycles. The molecule has 3 rings (SSSR count). The van der Waals surface area contributed by atoms with Gasteiger partial charge in [0.1, 0.15) is 5.76 Å². The molecule has 0 spiro atoms. The van der Waals surface area contributed by atoms with Gasteiger partial charge in [0.05, 0.1) is 26.3 Å². The van der Waals surface area contributed by atoms with Gasteiger partial charge in [-0.3, -0.25) is 9.69 Å². The summed E-state index contributed by atoms with van der Waals surface area (Å²) in [7, 11) is 3.21. The number of methoxy groups -OCH3 is 2. The molecule has 1 aromatic heterocycles. The van der Waals surface area contributed by atoms with Crippen LogP contribution in [0.3, 0.4) is 0 Å². The standard InChI is InChI=1S/C21H29N3O4/c1-15-18(16(2)28-22-15)14-23-8-5-9-24(11-10-23)21(25)13-17-6-7-19(26-3)20(12-17)27-4/h6-7,12H,5,8-11,13-14H2,1-4H3. The molecule has 28 heavy (non-hydrogen) atoms. The Labute approximate surface area is 166 Å². The molecule has 1 aromatic carbocycles. The van der Waals surface area contributed by atoms with Crippen LogP contribution < -0.4 is 9.47 Å². The van der Waals surface area contributed by atoms with Crippen molar-refractivity contribution in [3.8, 4) is 11.5 Å². The average Bonchev–Trinajstić information content (AvgIpc) is 2.89. The Balaban J connectivity index is 1.58. The van der Waals surface area contributed by atoms with Crippen LogP contribution in [0.1, 0.15) is 29.0 Å². The lowest BCUT2D eigenvalue weighted by Crippen LogP contribution is -2.36. The van der Waals surface area contributed by atoms with E-state index in [0.717, 1.165) is 61.7 Å². The zero-order chi connectivity index (χ0) is 20.1. The smallest absolute Gasteiger partial charge is 0.227 e. The van der Waals surface area contributed by atoms with Gasteiger partial charge in [-0.25, -0.2) is 0 Å². The third-order valence-corrected chi connectivity index (χ3v) is 5.31. The molecule has 1 amide bonds. The van der Waals surface area contributed by atoms with Crippen LogP contribution in [0.5, 0.6) is 11.5 Å². The fourth-order valence-corrected chi connectivity index (χ4v) is 3.61. The minimum Gasteiger partial charge on any atom is -0.493 e. The number of aryl methyl sites for hydroxylation is 2. The summed E-state index contributed by atoms with van der Waals surface area (Å²) in [6.07, 6.45) is 1.32. The van der Waals surface area contributed by atoms with E-state index in [0.29, 0.717) is 17.9 Å². The maximum Gasteiger partial charge on any atom is 0.227 e. The third-order valence-electron chi connectivity index (χ3n) is 5.31. The molecular weight excluding hydrogens is 358 g/mol. The fraction of sp³-hybridized carbons (Fsp3) is 0.524. The largest absolute Gasteiger partial charge is 0.493 e. The van der Waals surface area contributed by atoms with Gasteiger partial charge in [0, 0.05) is 38.3 Å². The minimum atomic E-state index is 0.145. The molecule has 1 aliphatic rings. The van der Waals surface area contributed by atoms with Gasteiger partial charge in [-0.1, -0.05) is 11.2 Å². The highest BCUT2D eigenvalue weighted by Crippen LogP contribution is 2.28. The van der Waals surface area contributed by atoms with Crippen molar-refractivity contribution in [2.45, 2.75) is 33.2 Å². The van der Waals surface area contributed by atoms with Crippen LogP contribution in [0, 0.1) is 13.8 Å². The maximum absolute atomic E-state index is 12.8. The molecule has 0 bridgehead atoms. The van der Waals surface area contributed by atoms with Crippen molar-refractivity contribution >= 4 is 5.91 Å². The van der Waals surface area contributed by atoms with Gasteiger partial charge in [0.15, 0.2) is 11.5 Å². The summed E-state index contributed by atoms with van der Waals surface area (Å²) < 4.78 is 15.9. The average molecular weight is 387 g/mol. The maximum atomic E-state index is 12.8. The van der Waals surface area contributed by atoms with Crippen LogP contribution in [0.25, 0.3) is 0 Å². The van der Waals surface area contributed by atoms with Gasteiger partial charge in [-0.2, -0.15) is 0 Å². The number of hydrogen-bond donors (Lipinski definition) is 0. The number of carbonyl (C=O) groups is 1. The fourth-order valence-electron chi connectivity index (χ4n) is 3.61. The van der Waals surface area contributed by atoms with Gasteiger partial charge in [-0.05, 0) is 38.0 Å². The zero-order valence-corrected chi connectivity index (χ0v) is 17.2. The van der Waals surface area contributed by atoms with E-state index in [2.05, 4.69) is 10.1 Å². The summed E-state index contributed by atoms with van der Waals surface area (Å²) >= 11 is 0. The number of aromatic nitrogens is 1. The van der Waals surface area contributed by atoms with Gasteiger partial charge < -0.3 is 18.9 Å². The summed E-state index contributed by atoms with van der Waals surface area (Å²) in [5.41, 5.74) is 3.03. The van der Waals surface area contributed by atoms with E-state index in [1.165, 1.54) is 0 Å². The Morgan fingerprint density at radius 1 is 1.11 bits per heavy atom. The molecule has 7 nitrogen and oxygen atoms in total. The number of ether oxygens (including phenoxy) is 2. The van der Waals surface area contributed by atoms with E-state index < -0.39 is 0 Å². The summed E-state index contributed by atoms with van der Waals surface area (Å²) in [5, 5.41) is 4.04. The number of nitrogens with zero attached hydrogens (tertiary/aromatic N) is 3. The van der Waals surface area contributed by atoms with Crippen LogP contribution in [0.4, 0.5) is 0 Å². The molecule has 7 heteroatoms. The van der Waals surface area contributed by atoms with Gasteiger partial charge in [0.2, 0.25) is 5.91 Å². The summed E-state index contributed by atoms with van der Waals surface area (Å²) in [6.45, 7) is 8.07. The summed E-state index contributed by atoms with van der Waals surface area (Å²) in [5.74, 6) is 2.34. The first-order chi connectivity index (χ1) is 13.5. The Kier molecular flexibility index (Phi) is 6.57. The molecule has 2 heterocycles. The number of carbonyl (C=O) groups excluding carboxylic acids is 1. The molecule has 0 atom stereocenters. The second-order valence-electron chi connectivity index (χ2n) is 7.18. The molecule has 1 saturated heterocycles. The Bertz CT molecular complexity index is 798. The topological polar surface area (TPSA) is 68.0 Å². The lowest BCUT2D eigenvalue weighted by Gasteiger charge is -2.22. The lowest BCUT2D eigenvalue weighted by atomic mass is 10.1. The van der Waals surface area contributed by atoms with E-state index in [1.807, 2.05) is 36.9 Å². The van der Waals surface area contributed by atoms with Crippen LogP contribution in [-0.4, -0.2) is 61.3 Å². The van der Waals surface area contributed by atoms with E-state index in [4.69, 9.17) is 14.0 Å². The molecule has 0 N–H and O–H groups in total. The molecule has 1 aliphatic heterocycles. The summed E-state index contributed by atoms with van der Waals surface area (Å²) in [6, 6.07) is 5.63. The van der Waals surface area contributed by atoms with Crippen molar-refractivity contribution in [2.75, 3.05) is 40.4 Å². The molecule has 2 aromatic rings. The molecule has 0 saturated carbocycles. The van der Waals surface area contributed by atoms with E-state index >= 15 is 0 Å². The highest BCUT2D eigenvalue weighted by atomic mass is 16.5. The number of hydrogen-bond acceptors (Lipinski definition) is 6. The van der Waals surface area contributed by atoms with Gasteiger partial charge in [0.25, 0.3) is 0 Å². The molecule has 152 valence electrons. The predicted molar refractivity (Wildman–Crippen MR) is 106 cm³/mol. The lowest BCUT2D eigenvalue weighted by molar-refractivity contribution is -0.130.